The maximum Gasteiger partial charge on any atom is 0.298 e. The molecule has 0 aliphatic rings. The van der Waals surface area contributed by atoms with Gasteiger partial charge in [0.25, 0.3) is 6.47 Å². The van der Waals surface area contributed by atoms with Crippen LogP contribution >= 0.6 is 0 Å². The van der Waals surface area contributed by atoms with Crippen LogP contribution in [0.3, 0.4) is 0 Å². The first kappa shape index (κ1) is 6.74. The molecule has 0 amide bonds. The van der Waals surface area contributed by atoms with Crippen molar-refractivity contribution in [2.24, 2.45) is 0 Å². The molecule has 0 aliphatic carbocycles. The van der Waals surface area contributed by atoms with E-state index in [1.54, 1.807) is 6.07 Å². The number of carbonyl (C=O) groups is 1. The topological polar surface area (TPSA) is 26.3 Å². The highest BCUT2D eigenvalue weighted by atomic mass is 19.1. The minimum atomic E-state index is -0.533. The van der Waals surface area contributed by atoms with Crippen molar-refractivity contribution in [1.29, 1.82) is 0 Å². The molecule has 10 heavy (non-hydrogen) atoms. The lowest BCUT2D eigenvalue weighted by Crippen LogP contribution is -1.90. The molecule has 0 atom stereocenters. The van der Waals surface area contributed by atoms with E-state index in [1.165, 1.54) is 18.2 Å². The Balaban J connectivity index is 2.91. The molecule has 52 valence electrons. The molecule has 0 fully saturated rings. The Morgan fingerprint density at radius 3 is 2.70 bits per heavy atom. The fraction of sp³-hybridized carbons (Fsp3) is 0. The summed E-state index contributed by atoms with van der Waals surface area (Å²) in [5, 5.41) is 0. The van der Waals surface area contributed by atoms with Crippen LogP contribution in [0.2, 0.25) is 0 Å². The second kappa shape index (κ2) is 2.96. The van der Waals surface area contributed by atoms with E-state index in [0.717, 1.165) is 0 Å². The molecular weight excluding hydrogens is 135 g/mol. The van der Waals surface area contributed by atoms with Gasteiger partial charge in [0.2, 0.25) is 0 Å². The van der Waals surface area contributed by atoms with Crippen molar-refractivity contribution in [3.05, 3.63) is 30.1 Å². The molecule has 3 heteroatoms. The van der Waals surface area contributed by atoms with Gasteiger partial charge < -0.3 is 4.74 Å². The number of ether oxygens (including phenoxy) is 1. The van der Waals surface area contributed by atoms with Crippen molar-refractivity contribution in [2.45, 2.75) is 0 Å². The maximum atomic E-state index is 12.5. The normalized spacial score (nSPS) is 8.90. The molecule has 0 aliphatic heterocycles. The molecule has 1 aromatic rings. The average Bonchev–Trinajstić information content (AvgIpc) is 1.94. The average molecular weight is 140 g/mol. The Bertz CT molecular complexity index is 235. The Kier molecular flexibility index (Phi) is 1.99. The van der Waals surface area contributed by atoms with Crippen molar-refractivity contribution in [3.8, 4) is 5.75 Å². The first-order valence-corrected chi connectivity index (χ1v) is 2.69. The lowest BCUT2D eigenvalue weighted by molar-refractivity contribution is -0.120. The summed E-state index contributed by atoms with van der Waals surface area (Å²) < 4.78 is 16.8. The Morgan fingerprint density at radius 2 is 2.10 bits per heavy atom. The first-order chi connectivity index (χ1) is 4.84. The minimum Gasteiger partial charge on any atom is -0.426 e. The summed E-state index contributed by atoms with van der Waals surface area (Å²) in [5.74, 6) is -0.577. The van der Waals surface area contributed by atoms with Crippen LogP contribution in [0.1, 0.15) is 0 Å². The summed E-state index contributed by atoms with van der Waals surface area (Å²) in [6, 6.07) is 5.71. The zero-order chi connectivity index (χ0) is 7.40. The Morgan fingerprint density at radius 1 is 1.40 bits per heavy atom. The molecule has 0 bridgehead atoms. The summed E-state index contributed by atoms with van der Waals surface area (Å²) in [5.41, 5.74) is 0. The molecule has 0 radical (unpaired) electrons. The smallest absolute Gasteiger partial charge is 0.298 e. The summed E-state index contributed by atoms with van der Waals surface area (Å²) in [6.45, 7) is 0.193. The zero-order valence-corrected chi connectivity index (χ0v) is 5.08. The van der Waals surface area contributed by atoms with Gasteiger partial charge in [-0.2, -0.15) is 0 Å². The fourth-order valence-electron chi connectivity index (χ4n) is 0.592. The Hall–Kier alpha value is -1.38. The third-order valence-electron chi connectivity index (χ3n) is 1.01. The standard InChI is InChI=1S/C7H5FO2/c8-6-3-1-2-4-7(6)10-5-9/h1-5H. The molecule has 0 aromatic heterocycles. The van der Waals surface area contributed by atoms with E-state index in [9.17, 15) is 9.18 Å². The van der Waals surface area contributed by atoms with E-state index in [1.807, 2.05) is 0 Å². The highest BCUT2D eigenvalue weighted by molar-refractivity contribution is 5.45. The van der Waals surface area contributed by atoms with Gasteiger partial charge in [0.15, 0.2) is 11.6 Å². The predicted octanol–water partition coefficient (Wildman–Crippen LogP) is 1.36. The van der Waals surface area contributed by atoms with Crippen LogP contribution in [0.4, 0.5) is 4.39 Å². The van der Waals surface area contributed by atoms with Gasteiger partial charge >= 0.3 is 0 Å². The van der Waals surface area contributed by atoms with Crippen LogP contribution in [0.5, 0.6) is 5.75 Å². The molecule has 1 rings (SSSR count). The maximum absolute atomic E-state index is 12.5. The molecule has 2 nitrogen and oxygen atoms in total. The number of benzene rings is 1. The molecule has 0 spiro atoms. The van der Waals surface area contributed by atoms with E-state index in [-0.39, 0.29) is 12.2 Å². The third kappa shape index (κ3) is 1.31. The molecule has 0 saturated heterocycles. The molecule has 1 aromatic carbocycles. The number of halogens is 1. The predicted molar refractivity (Wildman–Crippen MR) is 33.1 cm³/mol. The fourth-order valence-corrected chi connectivity index (χ4v) is 0.592. The monoisotopic (exact) mass is 140 g/mol. The molecule has 0 saturated carbocycles. The van der Waals surface area contributed by atoms with Crippen LogP contribution in [0.15, 0.2) is 24.3 Å². The largest absolute Gasteiger partial charge is 0.426 e. The number of carbonyl (C=O) groups excluding carboxylic acids is 1. The lowest BCUT2D eigenvalue weighted by atomic mass is 10.3. The van der Waals surface area contributed by atoms with Crippen LogP contribution < -0.4 is 4.74 Å². The SMILES string of the molecule is O=COc1ccccc1F. The number of hydrogen-bond donors (Lipinski definition) is 0. The lowest BCUT2D eigenvalue weighted by Gasteiger charge is -1.95. The van der Waals surface area contributed by atoms with Gasteiger partial charge in [-0.05, 0) is 12.1 Å². The van der Waals surface area contributed by atoms with Crippen LogP contribution in [0, 0.1) is 5.82 Å². The van der Waals surface area contributed by atoms with E-state index < -0.39 is 5.82 Å². The van der Waals surface area contributed by atoms with Gasteiger partial charge in [0.05, 0.1) is 0 Å². The van der Waals surface area contributed by atoms with Gasteiger partial charge in [0, 0.05) is 0 Å². The van der Waals surface area contributed by atoms with Crippen molar-refractivity contribution >= 4 is 6.47 Å². The highest BCUT2D eigenvalue weighted by Crippen LogP contribution is 2.13. The summed E-state index contributed by atoms with van der Waals surface area (Å²) >= 11 is 0. The van der Waals surface area contributed by atoms with Crippen LogP contribution in [-0.4, -0.2) is 6.47 Å². The third-order valence-corrected chi connectivity index (χ3v) is 1.01. The molecule has 0 heterocycles. The Labute approximate surface area is 57.2 Å². The van der Waals surface area contributed by atoms with Gasteiger partial charge in [-0.25, -0.2) is 4.39 Å². The summed E-state index contributed by atoms with van der Waals surface area (Å²) in [7, 11) is 0. The summed E-state index contributed by atoms with van der Waals surface area (Å²) in [4.78, 5) is 9.74. The van der Waals surface area contributed by atoms with E-state index >= 15 is 0 Å². The second-order valence-electron chi connectivity index (χ2n) is 1.64. The van der Waals surface area contributed by atoms with Crippen molar-refractivity contribution in [2.75, 3.05) is 0 Å². The molecule has 0 N–H and O–H groups in total. The molecule has 0 unspecified atom stereocenters. The van der Waals surface area contributed by atoms with Crippen molar-refractivity contribution in [3.63, 3.8) is 0 Å². The first-order valence-electron chi connectivity index (χ1n) is 2.69. The quantitative estimate of drug-likeness (QED) is 0.580. The number of hydrogen-bond acceptors (Lipinski definition) is 2. The highest BCUT2D eigenvalue weighted by Gasteiger charge is 1.98. The van der Waals surface area contributed by atoms with Gasteiger partial charge in [-0.1, -0.05) is 12.1 Å². The van der Waals surface area contributed by atoms with Gasteiger partial charge in [-0.15, -0.1) is 0 Å². The zero-order valence-electron chi connectivity index (χ0n) is 5.08. The van der Waals surface area contributed by atoms with Crippen LogP contribution in [0.25, 0.3) is 0 Å². The number of para-hydroxylation sites is 1. The van der Waals surface area contributed by atoms with Crippen molar-refractivity contribution in [1.82, 2.24) is 0 Å². The van der Waals surface area contributed by atoms with Gasteiger partial charge in [-0.3, -0.25) is 4.79 Å². The van der Waals surface area contributed by atoms with E-state index in [0.29, 0.717) is 0 Å². The minimum absolute atomic E-state index is 0.0440. The molecular formula is C7H5FO2. The van der Waals surface area contributed by atoms with Crippen molar-refractivity contribution < 1.29 is 13.9 Å². The number of rotatable bonds is 2. The van der Waals surface area contributed by atoms with E-state index in [4.69, 9.17) is 0 Å². The second-order valence-corrected chi connectivity index (χ2v) is 1.64. The van der Waals surface area contributed by atoms with E-state index in [2.05, 4.69) is 4.74 Å². The summed E-state index contributed by atoms with van der Waals surface area (Å²) in [6.07, 6.45) is 0. The van der Waals surface area contributed by atoms with Gasteiger partial charge in [0.1, 0.15) is 0 Å². The van der Waals surface area contributed by atoms with Crippen LogP contribution in [-0.2, 0) is 4.79 Å².